The fraction of sp³-hybridized carbons (Fsp3) is 1.00. The van der Waals surface area contributed by atoms with Gasteiger partial charge in [0.15, 0.2) is 0 Å². The molecular formula is C8H11Br. The highest BCUT2D eigenvalue weighted by Crippen LogP contribution is 2.79. The summed E-state index contributed by atoms with van der Waals surface area (Å²) < 4.78 is 0. The quantitative estimate of drug-likeness (QED) is 0.553. The van der Waals surface area contributed by atoms with Gasteiger partial charge in [-0.2, -0.15) is 0 Å². The molecule has 4 rings (SSSR count). The van der Waals surface area contributed by atoms with Gasteiger partial charge in [0, 0.05) is 5.33 Å². The summed E-state index contributed by atoms with van der Waals surface area (Å²) in [6.45, 7) is 0. The fourth-order valence-corrected chi connectivity index (χ4v) is 4.60. The first-order valence-corrected chi connectivity index (χ1v) is 5.05. The van der Waals surface area contributed by atoms with E-state index in [0.29, 0.717) is 0 Å². The van der Waals surface area contributed by atoms with Crippen molar-refractivity contribution in [2.45, 2.75) is 19.3 Å². The van der Waals surface area contributed by atoms with Gasteiger partial charge < -0.3 is 0 Å². The predicted octanol–water partition coefficient (Wildman–Crippen LogP) is 2.43. The Bertz CT molecular complexity index is 152. The van der Waals surface area contributed by atoms with Crippen LogP contribution in [0.1, 0.15) is 19.3 Å². The van der Waals surface area contributed by atoms with Crippen LogP contribution in [0.3, 0.4) is 0 Å². The highest BCUT2D eigenvalue weighted by Gasteiger charge is 2.73. The second kappa shape index (κ2) is 1.25. The van der Waals surface area contributed by atoms with E-state index >= 15 is 0 Å². The van der Waals surface area contributed by atoms with Gasteiger partial charge in [-0.3, -0.25) is 0 Å². The molecule has 0 N–H and O–H groups in total. The van der Waals surface area contributed by atoms with Crippen LogP contribution in [0.2, 0.25) is 0 Å². The van der Waals surface area contributed by atoms with Crippen LogP contribution in [-0.2, 0) is 0 Å². The van der Waals surface area contributed by atoms with Gasteiger partial charge >= 0.3 is 0 Å². The van der Waals surface area contributed by atoms with Crippen LogP contribution in [0.15, 0.2) is 0 Å². The third kappa shape index (κ3) is 0.383. The van der Waals surface area contributed by atoms with E-state index < -0.39 is 0 Å². The molecule has 4 aliphatic rings. The summed E-state index contributed by atoms with van der Waals surface area (Å²) >= 11 is 3.64. The maximum Gasteiger partial charge on any atom is 0.00935 e. The summed E-state index contributed by atoms with van der Waals surface area (Å²) in [5.74, 6) is 3.49. The lowest BCUT2D eigenvalue weighted by molar-refractivity contribution is 0.550. The van der Waals surface area contributed by atoms with Gasteiger partial charge in [-0.05, 0) is 42.4 Å². The first-order chi connectivity index (χ1) is 4.37. The number of hydrogen-bond acceptors (Lipinski definition) is 0. The van der Waals surface area contributed by atoms with E-state index in [2.05, 4.69) is 15.9 Å². The van der Waals surface area contributed by atoms with E-state index in [1.165, 1.54) is 17.2 Å². The van der Waals surface area contributed by atoms with E-state index in [1.807, 2.05) is 0 Å². The molecule has 0 heterocycles. The SMILES string of the molecule is BrCC12CC3CC1C2C3. The van der Waals surface area contributed by atoms with Crippen molar-refractivity contribution in [2.75, 3.05) is 5.33 Å². The average Bonchev–Trinajstić information content (AvgIpc) is 2.44. The van der Waals surface area contributed by atoms with Crippen molar-refractivity contribution in [2.24, 2.45) is 23.2 Å². The molecule has 4 saturated carbocycles. The Kier molecular flexibility index (Phi) is 0.719. The zero-order valence-electron chi connectivity index (χ0n) is 5.44. The summed E-state index contributed by atoms with van der Waals surface area (Å²) in [4.78, 5) is 0. The van der Waals surface area contributed by atoms with Crippen LogP contribution in [0.5, 0.6) is 0 Å². The lowest BCUT2D eigenvalue weighted by atomic mass is 10.1. The maximum atomic E-state index is 3.64. The van der Waals surface area contributed by atoms with Crippen LogP contribution in [0, 0.1) is 23.2 Å². The normalized spacial score (nSPS) is 67.0. The van der Waals surface area contributed by atoms with E-state index in [4.69, 9.17) is 0 Å². The number of rotatable bonds is 1. The molecule has 0 aromatic carbocycles. The minimum Gasteiger partial charge on any atom is -0.0922 e. The molecule has 4 fully saturated rings. The summed E-state index contributed by atoms with van der Waals surface area (Å²) in [5.41, 5.74) is 0.852. The zero-order chi connectivity index (χ0) is 6.06. The van der Waals surface area contributed by atoms with E-state index in [-0.39, 0.29) is 0 Å². The van der Waals surface area contributed by atoms with Gasteiger partial charge in [-0.15, -0.1) is 0 Å². The van der Waals surface area contributed by atoms with Crippen molar-refractivity contribution >= 4 is 15.9 Å². The maximum absolute atomic E-state index is 3.64. The first-order valence-electron chi connectivity index (χ1n) is 3.93. The molecule has 0 radical (unpaired) electrons. The minimum atomic E-state index is 0.852. The highest BCUT2D eigenvalue weighted by molar-refractivity contribution is 9.09. The molecule has 0 aromatic rings. The van der Waals surface area contributed by atoms with Crippen molar-refractivity contribution < 1.29 is 0 Å². The van der Waals surface area contributed by atoms with Gasteiger partial charge in [0.25, 0.3) is 0 Å². The van der Waals surface area contributed by atoms with Gasteiger partial charge in [-0.1, -0.05) is 15.9 Å². The number of hydrogen-bond donors (Lipinski definition) is 0. The Labute approximate surface area is 64.1 Å². The fourth-order valence-electron chi connectivity index (χ4n) is 3.54. The molecule has 0 spiro atoms. The Hall–Kier alpha value is 0.480. The summed E-state index contributed by atoms with van der Waals surface area (Å²) in [5, 5.41) is 1.30. The Morgan fingerprint density at radius 1 is 1.33 bits per heavy atom. The highest BCUT2D eigenvalue weighted by atomic mass is 79.9. The largest absolute Gasteiger partial charge is 0.0922 e. The third-order valence-electron chi connectivity index (χ3n) is 3.95. The second-order valence-electron chi connectivity index (χ2n) is 4.12. The van der Waals surface area contributed by atoms with Crippen molar-refractivity contribution in [1.82, 2.24) is 0 Å². The van der Waals surface area contributed by atoms with Gasteiger partial charge in [-0.25, -0.2) is 0 Å². The summed E-state index contributed by atoms with van der Waals surface area (Å²) in [6.07, 6.45) is 4.72. The van der Waals surface area contributed by atoms with Crippen molar-refractivity contribution in [1.29, 1.82) is 0 Å². The number of alkyl halides is 1. The van der Waals surface area contributed by atoms with Gasteiger partial charge in [0.1, 0.15) is 0 Å². The van der Waals surface area contributed by atoms with Gasteiger partial charge in [0.2, 0.25) is 0 Å². The molecular weight excluding hydrogens is 176 g/mol. The van der Waals surface area contributed by atoms with E-state index in [1.54, 1.807) is 19.3 Å². The topological polar surface area (TPSA) is 0 Å². The standard InChI is InChI=1S/C8H11Br/c9-4-8-3-5-1-6(8)7(8)2-5/h5-7H,1-4H2. The Balaban J connectivity index is 2.02. The van der Waals surface area contributed by atoms with Crippen LogP contribution in [0.4, 0.5) is 0 Å². The second-order valence-corrected chi connectivity index (χ2v) is 4.68. The molecule has 2 unspecified atom stereocenters. The van der Waals surface area contributed by atoms with Crippen molar-refractivity contribution in [3.8, 4) is 0 Å². The summed E-state index contributed by atoms with van der Waals surface area (Å²) in [6, 6.07) is 0. The molecule has 0 aliphatic heterocycles. The molecule has 0 aromatic heterocycles. The third-order valence-corrected chi connectivity index (χ3v) is 4.99. The van der Waals surface area contributed by atoms with Crippen molar-refractivity contribution in [3.05, 3.63) is 0 Å². The van der Waals surface area contributed by atoms with E-state index in [9.17, 15) is 0 Å². The molecule has 9 heavy (non-hydrogen) atoms. The molecule has 4 aliphatic carbocycles. The lowest BCUT2D eigenvalue weighted by Gasteiger charge is -2.02. The molecule has 1 heteroatoms. The van der Waals surface area contributed by atoms with Crippen molar-refractivity contribution in [3.63, 3.8) is 0 Å². The predicted molar refractivity (Wildman–Crippen MR) is 40.5 cm³/mol. The first kappa shape index (κ1) is 5.17. The molecule has 0 saturated heterocycles. The van der Waals surface area contributed by atoms with Crippen LogP contribution in [0.25, 0.3) is 0 Å². The minimum absolute atomic E-state index is 0.852. The molecule has 0 amide bonds. The van der Waals surface area contributed by atoms with Crippen LogP contribution < -0.4 is 0 Å². The smallest absolute Gasteiger partial charge is 0.00935 e. The Morgan fingerprint density at radius 3 is 2.22 bits per heavy atom. The molecule has 2 atom stereocenters. The lowest BCUT2D eigenvalue weighted by Crippen LogP contribution is -1.99. The molecule has 0 nitrogen and oxygen atoms in total. The monoisotopic (exact) mass is 186 g/mol. The van der Waals surface area contributed by atoms with Gasteiger partial charge in [0.05, 0.1) is 0 Å². The van der Waals surface area contributed by atoms with E-state index in [0.717, 1.165) is 11.3 Å². The molecule has 50 valence electrons. The number of halogens is 1. The Morgan fingerprint density at radius 2 is 2.00 bits per heavy atom. The van der Waals surface area contributed by atoms with Crippen LogP contribution >= 0.6 is 15.9 Å². The summed E-state index contributed by atoms with van der Waals surface area (Å²) in [7, 11) is 0. The zero-order valence-corrected chi connectivity index (χ0v) is 7.02. The van der Waals surface area contributed by atoms with Crippen LogP contribution in [-0.4, -0.2) is 5.33 Å². The average molecular weight is 187 g/mol. The molecule has 4 bridgehead atoms.